The molecule has 2 N–H and O–H groups in total. The van der Waals surface area contributed by atoms with Crippen LogP contribution in [0.2, 0.25) is 0 Å². The first kappa shape index (κ1) is 15.2. The molecule has 1 unspecified atom stereocenters. The first-order valence-electron chi connectivity index (χ1n) is 7.28. The Hall–Kier alpha value is -1.67. The summed E-state index contributed by atoms with van der Waals surface area (Å²) in [5, 5.41) is 9.82. The maximum atomic E-state index is 12.2. The van der Waals surface area contributed by atoms with E-state index >= 15 is 0 Å². The van der Waals surface area contributed by atoms with E-state index in [0.717, 1.165) is 12.8 Å². The number of nitrogens with zero attached hydrogens (tertiary/aromatic N) is 2. The molecular formula is C14H19N3O4S. The van der Waals surface area contributed by atoms with Gasteiger partial charge in [0.25, 0.3) is 10.0 Å². The summed E-state index contributed by atoms with van der Waals surface area (Å²) >= 11 is 0. The Morgan fingerprint density at radius 2 is 2.18 bits per heavy atom. The van der Waals surface area contributed by atoms with Crippen LogP contribution in [-0.4, -0.2) is 43.1 Å². The van der Waals surface area contributed by atoms with E-state index in [1.54, 1.807) is 19.1 Å². The molecule has 1 aliphatic carbocycles. The molecule has 0 spiro atoms. The van der Waals surface area contributed by atoms with Crippen LogP contribution in [0, 0.1) is 5.92 Å². The number of aliphatic hydroxyl groups is 1. The van der Waals surface area contributed by atoms with Gasteiger partial charge >= 0.3 is 0 Å². The highest BCUT2D eigenvalue weighted by Gasteiger charge is 2.34. The van der Waals surface area contributed by atoms with E-state index in [1.165, 1.54) is 6.07 Å². The van der Waals surface area contributed by atoms with Crippen LogP contribution in [0.5, 0.6) is 0 Å². The average molecular weight is 325 g/mol. The van der Waals surface area contributed by atoms with E-state index in [0.29, 0.717) is 25.3 Å². The molecule has 1 saturated carbocycles. The fraction of sp³-hybridized carbons (Fsp3) is 0.571. The van der Waals surface area contributed by atoms with Crippen molar-refractivity contribution in [2.75, 3.05) is 18.0 Å². The molecule has 2 aliphatic rings. The fourth-order valence-electron chi connectivity index (χ4n) is 2.48. The van der Waals surface area contributed by atoms with Crippen molar-refractivity contribution in [3.63, 3.8) is 0 Å². The van der Waals surface area contributed by atoms with Crippen LogP contribution < -0.4 is 9.62 Å². The van der Waals surface area contributed by atoms with Crippen LogP contribution in [-0.2, 0) is 14.8 Å². The summed E-state index contributed by atoms with van der Waals surface area (Å²) in [6.07, 6.45) is 2.07. The van der Waals surface area contributed by atoms with E-state index in [1.807, 2.05) is 4.90 Å². The van der Waals surface area contributed by atoms with Gasteiger partial charge < -0.3 is 10.0 Å². The smallest absolute Gasteiger partial charge is 0.281 e. The Labute approximate surface area is 129 Å². The van der Waals surface area contributed by atoms with Gasteiger partial charge in [-0.25, -0.2) is 9.71 Å². The predicted octanol–water partition coefficient (Wildman–Crippen LogP) is 0.258. The van der Waals surface area contributed by atoms with Crippen molar-refractivity contribution in [2.24, 2.45) is 5.92 Å². The Balaban J connectivity index is 1.80. The molecule has 1 atom stereocenters. The fourth-order valence-corrected chi connectivity index (χ4v) is 3.49. The summed E-state index contributed by atoms with van der Waals surface area (Å²) in [6.45, 7) is 2.75. The zero-order valence-corrected chi connectivity index (χ0v) is 13.1. The van der Waals surface area contributed by atoms with Crippen LogP contribution in [0.3, 0.4) is 0 Å². The van der Waals surface area contributed by atoms with Crippen molar-refractivity contribution in [2.45, 2.75) is 36.8 Å². The highest BCUT2D eigenvalue weighted by molar-refractivity contribution is 7.90. The second-order valence-electron chi connectivity index (χ2n) is 6.25. The summed E-state index contributed by atoms with van der Waals surface area (Å²) in [4.78, 5) is 17.6. The van der Waals surface area contributed by atoms with Gasteiger partial charge in [-0.3, -0.25) is 4.79 Å². The third-order valence-electron chi connectivity index (χ3n) is 3.94. The second-order valence-corrected chi connectivity index (χ2v) is 7.88. The Morgan fingerprint density at radius 3 is 2.77 bits per heavy atom. The van der Waals surface area contributed by atoms with E-state index in [2.05, 4.69) is 9.71 Å². The minimum atomic E-state index is -3.95. The van der Waals surface area contributed by atoms with Gasteiger partial charge in [-0.1, -0.05) is 6.07 Å². The van der Waals surface area contributed by atoms with Gasteiger partial charge in [0.1, 0.15) is 5.82 Å². The molecule has 0 bridgehead atoms. The lowest BCUT2D eigenvalue weighted by molar-refractivity contribution is -0.120. The molecule has 8 heteroatoms. The van der Waals surface area contributed by atoms with Crippen molar-refractivity contribution in [3.8, 4) is 0 Å². The number of hydrogen-bond acceptors (Lipinski definition) is 6. The molecule has 120 valence electrons. The Bertz CT molecular complexity index is 698. The number of nitrogens with one attached hydrogen (secondary N) is 1. The maximum absolute atomic E-state index is 12.2. The standard InChI is InChI=1S/C14H19N3O4S/c1-14(19)7-8-17(9-14)11-3-2-4-12(15-11)22(20,21)16-13(18)10-5-6-10/h2-4,10,19H,5-9H2,1H3,(H,16,18). The zero-order chi connectivity index (χ0) is 16.0. The average Bonchev–Trinajstić information content (AvgIpc) is 3.23. The lowest BCUT2D eigenvalue weighted by Gasteiger charge is -2.20. The zero-order valence-electron chi connectivity index (χ0n) is 12.3. The van der Waals surface area contributed by atoms with Gasteiger partial charge in [0.2, 0.25) is 5.91 Å². The van der Waals surface area contributed by atoms with Gasteiger partial charge in [0, 0.05) is 19.0 Å². The monoisotopic (exact) mass is 325 g/mol. The largest absolute Gasteiger partial charge is 0.388 e. The summed E-state index contributed by atoms with van der Waals surface area (Å²) < 4.78 is 26.5. The van der Waals surface area contributed by atoms with Gasteiger partial charge in [-0.15, -0.1) is 0 Å². The second kappa shape index (κ2) is 5.20. The highest BCUT2D eigenvalue weighted by Crippen LogP contribution is 2.29. The quantitative estimate of drug-likeness (QED) is 0.823. The van der Waals surface area contributed by atoms with Gasteiger partial charge in [-0.2, -0.15) is 8.42 Å². The van der Waals surface area contributed by atoms with E-state index in [9.17, 15) is 18.3 Å². The van der Waals surface area contributed by atoms with Crippen molar-refractivity contribution in [3.05, 3.63) is 18.2 Å². The molecular weight excluding hydrogens is 306 g/mol. The maximum Gasteiger partial charge on any atom is 0.281 e. The van der Waals surface area contributed by atoms with Gasteiger partial charge in [-0.05, 0) is 38.3 Å². The van der Waals surface area contributed by atoms with Crippen molar-refractivity contribution in [1.82, 2.24) is 9.71 Å². The van der Waals surface area contributed by atoms with Crippen molar-refractivity contribution >= 4 is 21.7 Å². The van der Waals surface area contributed by atoms with Crippen LogP contribution in [0.15, 0.2) is 23.2 Å². The number of hydrogen-bond donors (Lipinski definition) is 2. The molecule has 0 radical (unpaired) electrons. The number of rotatable bonds is 4. The molecule has 2 fully saturated rings. The molecule has 1 aromatic heterocycles. The van der Waals surface area contributed by atoms with Crippen LogP contribution in [0.4, 0.5) is 5.82 Å². The van der Waals surface area contributed by atoms with Crippen molar-refractivity contribution in [1.29, 1.82) is 0 Å². The minimum Gasteiger partial charge on any atom is -0.388 e. The van der Waals surface area contributed by atoms with Crippen LogP contribution in [0.25, 0.3) is 0 Å². The molecule has 1 saturated heterocycles. The summed E-state index contributed by atoms with van der Waals surface area (Å²) in [6, 6.07) is 4.65. The summed E-state index contributed by atoms with van der Waals surface area (Å²) in [5.41, 5.74) is -0.795. The highest BCUT2D eigenvalue weighted by atomic mass is 32.2. The molecule has 1 aliphatic heterocycles. The predicted molar refractivity (Wildman–Crippen MR) is 79.7 cm³/mol. The number of anilines is 1. The van der Waals surface area contributed by atoms with Gasteiger partial charge in [0.05, 0.1) is 5.60 Å². The number of sulfonamides is 1. The van der Waals surface area contributed by atoms with Crippen molar-refractivity contribution < 1.29 is 18.3 Å². The number of carbonyl (C=O) groups excluding carboxylic acids is 1. The third kappa shape index (κ3) is 3.22. The summed E-state index contributed by atoms with van der Waals surface area (Å²) in [5.74, 6) is -0.164. The Morgan fingerprint density at radius 1 is 1.45 bits per heavy atom. The number of carbonyl (C=O) groups is 1. The SMILES string of the molecule is CC1(O)CCN(c2cccc(S(=O)(=O)NC(=O)C3CC3)n2)C1. The first-order valence-corrected chi connectivity index (χ1v) is 8.76. The normalized spacial score (nSPS) is 25.3. The molecule has 0 aromatic carbocycles. The topological polar surface area (TPSA) is 99.6 Å². The molecule has 7 nitrogen and oxygen atoms in total. The number of aromatic nitrogens is 1. The van der Waals surface area contributed by atoms with Crippen LogP contribution >= 0.6 is 0 Å². The number of amides is 1. The summed E-state index contributed by atoms with van der Waals surface area (Å²) in [7, 11) is -3.95. The molecule has 2 heterocycles. The third-order valence-corrected chi connectivity index (χ3v) is 5.19. The number of β-amino-alcohol motifs (C(OH)–C–C–N with tert-alkyl or cyclic N) is 1. The lowest BCUT2D eigenvalue weighted by atomic mass is 10.1. The Kier molecular flexibility index (Phi) is 3.60. The van der Waals surface area contributed by atoms with E-state index in [-0.39, 0.29) is 10.9 Å². The lowest BCUT2D eigenvalue weighted by Crippen LogP contribution is -2.33. The molecule has 1 aromatic rings. The molecule has 3 rings (SSSR count). The van der Waals surface area contributed by atoms with Crippen LogP contribution in [0.1, 0.15) is 26.2 Å². The minimum absolute atomic E-state index is 0.175. The van der Waals surface area contributed by atoms with Gasteiger partial charge in [0.15, 0.2) is 5.03 Å². The number of pyridine rings is 1. The van der Waals surface area contributed by atoms with E-state index < -0.39 is 21.5 Å². The molecule has 22 heavy (non-hydrogen) atoms. The first-order chi connectivity index (χ1) is 10.3. The van der Waals surface area contributed by atoms with E-state index in [4.69, 9.17) is 0 Å². The molecule has 1 amide bonds.